The van der Waals surface area contributed by atoms with Crippen LogP contribution in [-0.2, 0) is 4.79 Å². The van der Waals surface area contributed by atoms with Gasteiger partial charge in [-0.1, -0.05) is 24.3 Å². The van der Waals surface area contributed by atoms with Crippen LogP contribution in [0.25, 0.3) is 10.2 Å². The minimum atomic E-state index is 0. The minimum absolute atomic E-state index is 0. The molecule has 2 heterocycles. The van der Waals surface area contributed by atoms with E-state index in [0.717, 1.165) is 29.1 Å². The molecule has 0 bridgehead atoms. The molecule has 1 amide bonds. The molecule has 5 nitrogen and oxygen atoms in total. The topological polar surface area (TPSA) is 63.2 Å². The number of fused-ring (bicyclic) bond motifs is 1. The zero-order valence-corrected chi connectivity index (χ0v) is 13.5. The molecule has 3 rings (SSSR count). The zero-order valence-electron chi connectivity index (χ0n) is 11.9. The maximum Gasteiger partial charge on any atom is 0.229 e. The molecule has 1 aromatic heterocycles. The van der Waals surface area contributed by atoms with Gasteiger partial charge in [-0.05, 0) is 31.1 Å². The summed E-state index contributed by atoms with van der Waals surface area (Å²) >= 11 is 1.47. The van der Waals surface area contributed by atoms with Crippen molar-refractivity contribution >= 4 is 45.0 Å². The number of thiazole rings is 1. The van der Waals surface area contributed by atoms with E-state index in [2.05, 4.69) is 15.6 Å². The summed E-state index contributed by atoms with van der Waals surface area (Å²) in [5, 5.41) is 6.74. The second-order valence-electron chi connectivity index (χ2n) is 5.02. The van der Waals surface area contributed by atoms with Gasteiger partial charge in [0.2, 0.25) is 5.91 Å². The fraction of sp³-hybridized carbons (Fsp3) is 0.429. The highest BCUT2D eigenvalue weighted by atomic mass is 35.5. The quantitative estimate of drug-likeness (QED) is 0.905. The van der Waals surface area contributed by atoms with Gasteiger partial charge in [0.05, 0.1) is 11.8 Å². The Morgan fingerprint density at radius 1 is 1.52 bits per heavy atom. The van der Waals surface area contributed by atoms with Crippen molar-refractivity contribution in [3.63, 3.8) is 0 Å². The lowest BCUT2D eigenvalue weighted by Crippen LogP contribution is -2.48. The molecule has 1 aromatic carbocycles. The fourth-order valence-electron chi connectivity index (χ4n) is 2.24. The van der Waals surface area contributed by atoms with Crippen LogP contribution in [0.2, 0.25) is 0 Å². The van der Waals surface area contributed by atoms with Crippen LogP contribution < -0.4 is 15.4 Å². The largest absolute Gasteiger partial charge is 0.494 e. The van der Waals surface area contributed by atoms with Crippen molar-refractivity contribution in [2.24, 2.45) is 11.8 Å². The van der Waals surface area contributed by atoms with E-state index in [9.17, 15) is 4.79 Å². The van der Waals surface area contributed by atoms with Crippen LogP contribution in [0.5, 0.6) is 5.75 Å². The number of carbonyl (C=O) groups excluding carboxylic acids is 1. The first-order valence-electron chi connectivity index (χ1n) is 6.64. The number of hydrogen-bond acceptors (Lipinski definition) is 5. The Hall–Kier alpha value is -1.37. The number of rotatable bonds is 4. The van der Waals surface area contributed by atoms with Gasteiger partial charge in [0.15, 0.2) is 5.13 Å². The molecule has 0 saturated carbocycles. The lowest BCUT2D eigenvalue weighted by molar-refractivity contribution is -0.121. The Labute approximate surface area is 133 Å². The highest BCUT2D eigenvalue weighted by Gasteiger charge is 2.29. The molecule has 7 heteroatoms. The summed E-state index contributed by atoms with van der Waals surface area (Å²) < 4.78 is 6.29. The minimum Gasteiger partial charge on any atom is -0.494 e. The van der Waals surface area contributed by atoms with Crippen molar-refractivity contribution in [3.05, 3.63) is 18.2 Å². The molecule has 2 aromatic rings. The number of ether oxygens (including phenoxy) is 1. The molecule has 114 valence electrons. The summed E-state index contributed by atoms with van der Waals surface area (Å²) in [6, 6.07) is 5.77. The first-order chi connectivity index (χ1) is 9.69. The number of hydrogen-bond donors (Lipinski definition) is 2. The van der Waals surface area contributed by atoms with Crippen molar-refractivity contribution in [2.45, 2.75) is 6.92 Å². The summed E-state index contributed by atoms with van der Waals surface area (Å²) in [4.78, 5) is 16.6. The summed E-state index contributed by atoms with van der Waals surface area (Å²) in [6.07, 6.45) is 0. The monoisotopic (exact) mass is 327 g/mol. The molecule has 1 aliphatic rings. The van der Waals surface area contributed by atoms with Crippen LogP contribution in [0.15, 0.2) is 18.2 Å². The van der Waals surface area contributed by atoms with Crippen LogP contribution in [-0.4, -0.2) is 31.1 Å². The average molecular weight is 328 g/mol. The molecule has 2 N–H and O–H groups in total. The summed E-state index contributed by atoms with van der Waals surface area (Å²) in [6.45, 7) is 3.80. The van der Waals surface area contributed by atoms with E-state index in [1.54, 1.807) is 7.11 Å². The standard InChI is InChI=1S/C14H17N3O2S.ClH/c1-8(9-6-15-7-9)13(18)17-14-16-12-10(19-2)4-3-5-11(12)20-14;/h3-5,8-9,15H,6-7H2,1-2H3,(H,16,17,18);1H. The van der Waals surface area contributed by atoms with Gasteiger partial charge in [-0.15, -0.1) is 12.4 Å². The van der Waals surface area contributed by atoms with E-state index in [1.807, 2.05) is 25.1 Å². The smallest absolute Gasteiger partial charge is 0.229 e. The molecule has 0 spiro atoms. The van der Waals surface area contributed by atoms with Crippen molar-refractivity contribution < 1.29 is 9.53 Å². The number of halogens is 1. The number of benzene rings is 1. The van der Waals surface area contributed by atoms with Crippen molar-refractivity contribution in [1.82, 2.24) is 10.3 Å². The second kappa shape index (κ2) is 6.60. The number of methoxy groups -OCH3 is 1. The third kappa shape index (κ3) is 3.12. The summed E-state index contributed by atoms with van der Waals surface area (Å²) in [7, 11) is 1.62. The molecule has 1 saturated heterocycles. The van der Waals surface area contributed by atoms with Gasteiger partial charge in [-0.3, -0.25) is 4.79 Å². The molecule has 21 heavy (non-hydrogen) atoms. The second-order valence-corrected chi connectivity index (χ2v) is 6.05. The van der Waals surface area contributed by atoms with Gasteiger partial charge in [-0.25, -0.2) is 4.98 Å². The number of carbonyl (C=O) groups is 1. The molecule has 1 unspecified atom stereocenters. The first-order valence-corrected chi connectivity index (χ1v) is 7.46. The Kier molecular flexibility index (Phi) is 5.03. The zero-order chi connectivity index (χ0) is 14.1. The Balaban J connectivity index is 0.00000161. The maximum atomic E-state index is 12.2. The van der Waals surface area contributed by atoms with E-state index < -0.39 is 0 Å². The molecule has 1 aliphatic heterocycles. The Morgan fingerprint density at radius 2 is 2.29 bits per heavy atom. The number of amides is 1. The van der Waals surface area contributed by atoms with E-state index in [1.165, 1.54) is 11.3 Å². The number of para-hydroxylation sites is 1. The highest BCUT2D eigenvalue weighted by Crippen LogP contribution is 2.32. The predicted octanol–water partition coefficient (Wildman–Crippen LogP) is 2.52. The van der Waals surface area contributed by atoms with Crippen LogP contribution in [0.1, 0.15) is 6.92 Å². The van der Waals surface area contributed by atoms with Gasteiger partial charge in [-0.2, -0.15) is 0 Å². The Bertz CT molecular complexity index is 642. The van der Waals surface area contributed by atoms with Crippen molar-refractivity contribution in [3.8, 4) is 5.75 Å². The summed E-state index contributed by atoms with van der Waals surface area (Å²) in [5.41, 5.74) is 0.799. The lowest BCUT2D eigenvalue weighted by Gasteiger charge is -2.31. The van der Waals surface area contributed by atoms with Crippen LogP contribution in [0.4, 0.5) is 5.13 Å². The van der Waals surface area contributed by atoms with Crippen LogP contribution in [0, 0.1) is 11.8 Å². The van der Waals surface area contributed by atoms with E-state index in [0.29, 0.717) is 11.0 Å². The van der Waals surface area contributed by atoms with Gasteiger partial charge in [0.25, 0.3) is 0 Å². The van der Waals surface area contributed by atoms with E-state index in [-0.39, 0.29) is 24.2 Å². The van der Waals surface area contributed by atoms with Gasteiger partial charge in [0.1, 0.15) is 11.3 Å². The van der Waals surface area contributed by atoms with Gasteiger partial charge < -0.3 is 15.4 Å². The molecule has 1 fully saturated rings. The van der Waals surface area contributed by atoms with Crippen molar-refractivity contribution in [1.29, 1.82) is 0 Å². The maximum absolute atomic E-state index is 12.2. The molecular formula is C14H18ClN3O2S. The van der Waals surface area contributed by atoms with Crippen LogP contribution in [0.3, 0.4) is 0 Å². The molecular weight excluding hydrogens is 310 g/mol. The van der Waals surface area contributed by atoms with Gasteiger partial charge in [0, 0.05) is 5.92 Å². The molecule has 0 radical (unpaired) electrons. The number of nitrogens with zero attached hydrogens (tertiary/aromatic N) is 1. The third-order valence-corrected chi connectivity index (χ3v) is 4.70. The number of aromatic nitrogens is 1. The molecule has 1 atom stereocenters. The SMILES string of the molecule is COc1cccc2sc(NC(=O)C(C)C3CNC3)nc12.Cl. The number of anilines is 1. The fourth-order valence-corrected chi connectivity index (χ4v) is 3.13. The van der Waals surface area contributed by atoms with Gasteiger partial charge >= 0.3 is 0 Å². The number of nitrogens with one attached hydrogen (secondary N) is 2. The molecule has 0 aliphatic carbocycles. The summed E-state index contributed by atoms with van der Waals surface area (Å²) in [5.74, 6) is 1.20. The van der Waals surface area contributed by atoms with Crippen molar-refractivity contribution in [2.75, 3.05) is 25.5 Å². The van der Waals surface area contributed by atoms with E-state index >= 15 is 0 Å². The van der Waals surface area contributed by atoms with E-state index in [4.69, 9.17) is 4.74 Å². The highest BCUT2D eigenvalue weighted by molar-refractivity contribution is 7.22. The van der Waals surface area contributed by atoms with Crippen LogP contribution >= 0.6 is 23.7 Å². The normalized spacial score (nSPS) is 15.9. The first kappa shape index (κ1) is 16.0. The third-order valence-electron chi connectivity index (χ3n) is 3.77. The predicted molar refractivity (Wildman–Crippen MR) is 87.6 cm³/mol. The lowest BCUT2D eigenvalue weighted by atomic mass is 9.88. The Morgan fingerprint density at radius 3 is 2.90 bits per heavy atom. The average Bonchev–Trinajstić information content (AvgIpc) is 2.78.